The van der Waals surface area contributed by atoms with Crippen LogP contribution >= 0.6 is 0 Å². The number of pyridine rings is 1. The summed E-state index contributed by atoms with van der Waals surface area (Å²) in [6.45, 7) is 2.21. The number of Topliss-reactive ketones (excluding diaryl/α,β-unsaturated/α-hetero) is 1. The molecule has 0 saturated carbocycles. The van der Waals surface area contributed by atoms with Crippen LogP contribution in [-0.4, -0.2) is 28.8 Å². The molecule has 1 fully saturated rings. The van der Waals surface area contributed by atoms with E-state index in [0.717, 1.165) is 29.9 Å². The van der Waals surface area contributed by atoms with Crippen molar-refractivity contribution in [3.8, 4) is 0 Å². The standard InChI is InChI=1S/C24H22N2O/c27-24-21(15-22-13-7-8-14-25-22)17-26(16-19-9-3-1-4-10-19)18-23(24)20-11-5-2-6-12-20/h1-15,23H,16-18H2/b21-15-. The number of carbonyl (C=O) groups is 1. The first-order valence-electron chi connectivity index (χ1n) is 9.26. The van der Waals surface area contributed by atoms with Gasteiger partial charge in [0.25, 0.3) is 0 Å². The van der Waals surface area contributed by atoms with E-state index in [4.69, 9.17) is 0 Å². The highest BCUT2D eigenvalue weighted by atomic mass is 16.1. The molecule has 1 unspecified atom stereocenters. The third-order valence-electron chi connectivity index (χ3n) is 4.93. The third kappa shape index (κ3) is 4.21. The van der Waals surface area contributed by atoms with E-state index in [-0.39, 0.29) is 11.7 Å². The summed E-state index contributed by atoms with van der Waals surface area (Å²) in [5.74, 6) is 0.0646. The first-order chi connectivity index (χ1) is 13.3. The number of hydrogen-bond donors (Lipinski definition) is 0. The Morgan fingerprint density at radius 2 is 1.63 bits per heavy atom. The Morgan fingerprint density at radius 1 is 0.926 bits per heavy atom. The molecule has 1 atom stereocenters. The molecule has 0 spiro atoms. The van der Waals surface area contributed by atoms with E-state index in [9.17, 15) is 4.79 Å². The van der Waals surface area contributed by atoms with Crippen LogP contribution in [0.5, 0.6) is 0 Å². The van der Waals surface area contributed by atoms with Crippen LogP contribution in [-0.2, 0) is 11.3 Å². The number of likely N-dealkylation sites (tertiary alicyclic amines) is 1. The Bertz CT molecular complexity index is 920. The average molecular weight is 354 g/mol. The van der Waals surface area contributed by atoms with Gasteiger partial charge in [-0.15, -0.1) is 0 Å². The first kappa shape index (κ1) is 17.4. The molecule has 134 valence electrons. The maximum atomic E-state index is 13.2. The molecule has 3 heteroatoms. The molecular weight excluding hydrogens is 332 g/mol. The van der Waals surface area contributed by atoms with Crippen molar-refractivity contribution in [3.05, 3.63) is 107 Å². The van der Waals surface area contributed by atoms with Gasteiger partial charge < -0.3 is 0 Å². The molecule has 1 aliphatic heterocycles. The van der Waals surface area contributed by atoms with Crippen LogP contribution in [0.1, 0.15) is 22.7 Å². The van der Waals surface area contributed by atoms with Crippen molar-refractivity contribution < 1.29 is 4.79 Å². The summed E-state index contributed by atoms with van der Waals surface area (Å²) in [5.41, 5.74) is 3.99. The number of piperidine rings is 1. The topological polar surface area (TPSA) is 33.2 Å². The van der Waals surface area contributed by atoms with Gasteiger partial charge in [-0.3, -0.25) is 14.7 Å². The second-order valence-corrected chi connectivity index (χ2v) is 6.91. The van der Waals surface area contributed by atoms with Crippen LogP contribution in [0.15, 0.2) is 90.6 Å². The van der Waals surface area contributed by atoms with E-state index < -0.39 is 0 Å². The fraction of sp³-hybridized carbons (Fsp3) is 0.167. The molecule has 1 aliphatic rings. The average Bonchev–Trinajstić information content (AvgIpc) is 2.72. The Balaban J connectivity index is 1.66. The molecule has 1 saturated heterocycles. The quantitative estimate of drug-likeness (QED) is 0.654. The lowest BCUT2D eigenvalue weighted by Gasteiger charge is -2.33. The fourth-order valence-corrected chi connectivity index (χ4v) is 3.61. The third-order valence-corrected chi connectivity index (χ3v) is 4.93. The number of aromatic nitrogens is 1. The van der Waals surface area contributed by atoms with Crippen LogP contribution in [0.25, 0.3) is 6.08 Å². The summed E-state index contributed by atoms with van der Waals surface area (Å²) in [5, 5.41) is 0. The van der Waals surface area contributed by atoms with Crippen LogP contribution in [0.3, 0.4) is 0 Å². The first-order valence-corrected chi connectivity index (χ1v) is 9.26. The van der Waals surface area contributed by atoms with Crippen LogP contribution < -0.4 is 0 Å². The lowest BCUT2D eigenvalue weighted by Crippen LogP contribution is -2.40. The number of benzene rings is 2. The van der Waals surface area contributed by atoms with Crippen LogP contribution in [0, 0.1) is 0 Å². The normalized spacial score (nSPS) is 19.3. The van der Waals surface area contributed by atoms with Gasteiger partial charge >= 0.3 is 0 Å². The summed E-state index contributed by atoms with van der Waals surface area (Å²) >= 11 is 0. The molecule has 0 aliphatic carbocycles. The highest BCUT2D eigenvalue weighted by molar-refractivity contribution is 6.05. The van der Waals surface area contributed by atoms with E-state index in [0.29, 0.717) is 6.54 Å². The lowest BCUT2D eigenvalue weighted by atomic mass is 9.86. The van der Waals surface area contributed by atoms with Gasteiger partial charge in [0, 0.05) is 31.4 Å². The van der Waals surface area contributed by atoms with Crippen LogP contribution in [0.4, 0.5) is 0 Å². The van der Waals surface area contributed by atoms with Gasteiger partial charge in [0.1, 0.15) is 0 Å². The SMILES string of the molecule is O=C1/C(=C\c2ccccn2)CN(Cc2ccccc2)CC1c1ccccc1. The van der Waals surface area contributed by atoms with Gasteiger partial charge in [-0.25, -0.2) is 0 Å². The molecule has 27 heavy (non-hydrogen) atoms. The number of nitrogens with zero attached hydrogens (tertiary/aromatic N) is 2. The Labute approximate surface area is 160 Å². The monoisotopic (exact) mass is 354 g/mol. The molecule has 0 radical (unpaired) electrons. The molecule has 3 aromatic rings. The smallest absolute Gasteiger partial charge is 0.168 e. The van der Waals surface area contributed by atoms with Crippen molar-refractivity contribution in [3.63, 3.8) is 0 Å². The summed E-state index contributed by atoms with van der Waals surface area (Å²) in [6.07, 6.45) is 3.70. The zero-order valence-corrected chi connectivity index (χ0v) is 15.2. The van der Waals surface area contributed by atoms with E-state index in [1.54, 1.807) is 6.20 Å². The highest BCUT2D eigenvalue weighted by Crippen LogP contribution is 2.28. The molecule has 0 bridgehead atoms. The van der Waals surface area contributed by atoms with Crippen molar-refractivity contribution in [1.29, 1.82) is 0 Å². The lowest BCUT2D eigenvalue weighted by molar-refractivity contribution is -0.119. The molecule has 2 heterocycles. The predicted molar refractivity (Wildman–Crippen MR) is 108 cm³/mol. The summed E-state index contributed by atoms with van der Waals surface area (Å²) in [4.78, 5) is 19.9. The van der Waals surface area contributed by atoms with Crippen molar-refractivity contribution in [1.82, 2.24) is 9.88 Å². The van der Waals surface area contributed by atoms with Gasteiger partial charge in [-0.2, -0.15) is 0 Å². The van der Waals surface area contributed by atoms with E-state index >= 15 is 0 Å². The van der Waals surface area contributed by atoms with E-state index in [2.05, 4.69) is 34.1 Å². The Hall–Kier alpha value is -3.04. The Kier molecular flexibility index (Phi) is 5.22. The minimum atomic E-state index is -0.140. The Morgan fingerprint density at radius 3 is 2.33 bits per heavy atom. The molecule has 2 aromatic carbocycles. The molecular formula is C24H22N2O. The zero-order chi connectivity index (χ0) is 18.5. The van der Waals surface area contributed by atoms with Gasteiger partial charge in [-0.1, -0.05) is 66.7 Å². The molecule has 0 N–H and O–H groups in total. The summed E-state index contributed by atoms with van der Waals surface area (Å²) < 4.78 is 0. The fourth-order valence-electron chi connectivity index (χ4n) is 3.61. The van der Waals surface area contributed by atoms with Gasteiger partial charge in [0.05, 0.1) is 11.6 Å². The van der Waals surface area contributed by atoms with Gasteiger partial charge in [0.15, 0.2) is 5.78 Å². The number of carbonyl (C=O) groups excluding carboxylic acids is 1. The minimum Gasteiger partial charge on any atom is -0.294 e. The molecule has 3 nitrogen and oxygen atoms in total. The van der Waals surface area contributed by atoms with E-state index in [1.165, 1.54) is 5.56 Å². The number of ketones is 1. The van der Waals surface area contributed by atoms with Gasteiger partial charge in [0.2, 0.25) is 0 Å². The maximum absolute atomic E-state index is 13.2. The molecule has 0 amide bonds. The molecule has 1 aromatic heterocycles. The minimum absolute atomic E-state index is 0.140. The maximum Gasteiger partial charge on any atom is 0.168 e. The zero-order valence-electron chi connectivity index (χ0n) is 15.2. The van der Waals surface area contributed by atoms with Crippen molar-refractivity contribution in [2.75, 3.05) is 13.1 Å². The van der Waals surface area contributed by atoms with Gasteiger partial charge in [-0.05, 0) is 29.3 Å². The molecule has 4 rings (SSSR count). The number of hydrogen-bond acceptors (Lipinski definition) is 3. The van der Waals surface area contributed by atoms with E-state index in [1.807, 2.05) is 60.7 Å². The number of rotatable bonds is 4. The highest BCUT2D eigenvalue weighted by Gasteiger charge is 2.32. The second kappa shape index (κ2) is 8.11. The second-order valence-electron chi connectivity index (χ2n) is 6.91. The van der Waals surface area contributed by atoms with Crippen molar-refractivity contribution in [2.45, 2.75) is 12.5 Å². The van der Waals surface area contributed by atoms with Crippen molar-refractivity contribution in [2.24, 2.45) is 0 Å². The van der Waals surface area contributed by atoms with Crippen LogP contribution in [0.2, 0.25) is 0 Å². The predicted octanol–water partition coefficient (Wildman–Crippen LogP) is 4.33. The summed E-state index contributed by atoms with van der Waals surface area (Å²) in [6, 6.07) is 26.3. The largest absolute Gasteiger partial charge is 0.294 e. The van der Waals surface area contributed by atoms with Crippen molar-refractivity contribution >= 4 is 11.9 Å². The summed E-state index contributed by atoms with van der Waals surface area (Å²) in [7, 11) is 0.